The lowest BCUT2D eigenvalue weighted by molar-refractivity contribution is 0.0736. The summed E-state index contributed by atoms with van der Waals surface area (Å²) in [5, 5.41) is 9.39. The maximum Gasteiger partial charge on any atom is 0.323 e. The zero-order valence-corrected chi connectivity index (χ0v) is 26.1. The van der Waals surface area contributed by atoms with E-state index in [1.54, 1.807) is 0 Å². The van der Waals surface area contributed by atoms with Gasteiger partial charge in [0.05, 0.1) is 17.4 Å². The van der Waals surface area contributed by atoms with Gasteiger partial charge in [0.1, 0.15) is 0 Å². The number of anilines is 3. The number of aryl methyl sites for hydroxylation is 2. The molecule has 0 saturated carbocycles. The molecule has 0 spiro atoms. The quantitative estimate of drug-likeness (QED) is 0.245. The zero-order chi connectivity index (χ0) is 31.2. The number of carbonyl (C=O) groups is 2. The van der Waals surface area contributed by atoms with Gasteiger partial charge >= 0.3 is 6.03 Å². The van der Waals surface area contributed by atoms with Crippen LogP contribution in [0.2, 0.25) is 0 Å². The number of amides is 3. The van der Waals surface area contributed by atoms with Gasteiger partial charge in [-0.05, 0) is 66.4 Å². The van der Waals surface area contributed by atoms with E-state index in [1.807, 2.05) is 49.1 Å². The average Bonchev–Trinajstić information content (AvgIpc) is 3.06. The van der Waals surface area contributed by atoms with Gasteiger partial charge in [-0.3, -0.25) is 9.69 Å². The van der Waals surface area contributed by atoms with E-state index in [-0.39, 0.29) is 18.0 Å². The number of carbonyl (C=O) groups excluding carboxylic acids is 2. The van der Waals surface area contributed by atoms with E-state index in [1.165, 1.54) is 11.1 Å². The van der Waals surface area contributed by atoms with Crippen LogP contribution in [-0.2, 0) is 0 Å². The van der Waals surface area contributed by atoms with Crippen LogP contribution < -0.4 is 20.9 Å². The van der Waals surface area contributed by atoms with Crippen LogP contribution in [0.4, 0.5) is 21.9 Å². The highest BCUT2D eigenvalue weighted by Crippen LogP contribution is 2.33. The molecule has 3 amide bonds. The van der Waals surface area contributed by atoms with Crippen LogP contribution in [0.1, 0.15) is 38.7 Å². The van der Waals surface area contributed by atoms with Crippen molar-refractivity contribution in [3.05, 3.63) is 125 Å². The molecule has 0 aromatic heterocycles. The predicted octanol–water partition coefficient (Wildman–Crippen LogP) is 5.90. The van der Waals surface area contributed by atoms with Gasteiger partial charge in [0.15, 0.2) is 0 Å². The topological polar surface area (TPSA) is 79.9 Å². The maximum absolute atomic E-state index is 13.4. The Morgan fingerprint density at radius 2 is 1.29 bits per heavy atom. The number of nitrogens with one attached hydrogen (secondary N) is 3. The molecule has 45 heavy (non-hydrogen) atoms. The highest BCUT2D eigenvalue weighted by atomic mass is 16.2. The van der Waals surface area contributed by atoms with Crippen molar-refractivity contribution in [2.45, 2.75) is 19.9 Å². The van der Waals surface area contributed by atoms with E-state index in [4.69, 9.17) is 0 Å². The molecule has 4 aromatic rings. The van der Waals surface area contributed by atoms with E-state index in [9.17, 15) is 9.59 Å². The SMILES string of the molecule is Cc1cc(C)cc(NC(=O)Nc2cc(C(=O)N3CCNCC3)ccc2N2CCN(C(c3ccccc3)c3ccccc3)CC2)c1. The van der Waals surface area contributed by atoms with Crippen LogP contribution in [-0.4, -0.2) is 74.1 Å². The number of urea groups is 1. The molecule has 0 aliphatic carbocycles. The second kappa shape index (κ2) is 14.0. The lowest BCUT2D eigenvalue weighted by Gasteiger charge is -2.41. The maximum atomic E-state index is 13.4. The number of benzene rings is 4. The van der Waals surface area contributed by atoms with E-state index in [2.05, 4.69) is 92.5 Å². The Hall–Kier alpha value is -4.66. The predicted molar refractivity (Wildman–Crippen MR) is 182 cm³/mol. The van der Waals surface area contributed by atoms with E-state index in [0.29, 0.717) is 24.3 Å². The molecular formula is C37H42N6O2. The fourth-order valence-corrected chi connectivity index (χ4v) is 6.53. The molecule has 3 N–H and O–H groups in total. The van der Waals surface area contributed by atoms with Crippen molar-refractivity contribution in [3.63, 3.8) is 0 Å². The zero-order valence-electron chi connectivity index (χ0n) is 26.1. The lowest BCUT2D eigenvalue weighted by Crippen LogP contribution is -2.48. The van der Waals surface area contributed by atoms with Crippen molar-refractivity contribution in [1.29, 1.82) is 0 Å². The number of piperazine rings is 2. The van der Waals surface area contributed by atoms with Crippen molar-refractivity contribution < 1.29 is 9.59 Å². The summed E-state index contributed by atoms with van der Waals surface area (Å²) in [4.78, 5) is 33.5. The summed E-state index contributed by atoms with van der Waals surface area (Å²) < 4.78 is 0. The van der Waals surface area contributed by atoms with Crippen molar-refractivity contribution in [2.24, 2.45) is 0 Å². The van der Waals surface area contributed by atoms with Gasteiger partial charge in [-0.2, -0.15) is 0 Å². The van der Waals surface area contributed by atoms with Crippen molar-refractivity contribution in [1.82, 2.24) is 15.1 Å². The van der Waals surface area contributed by atoms with Crippen molar-refractivity contribution >= 4 is 29.0 Å². The molecule has 2 aliphatic heterocycles. The molecule has 2 saturated heterocycles. The van der Waals surface area contributed by atoms with Gasteiger partial charge < -0.3 is 25.8 Å². The summed E-state index contributed by atoms with van der Waals surface area (Å²) in [7, 11) is 0. The van der Waals surface area contributed by atoms with Crippen LogP contribution in [0.25, 0.3) is 0 Å². The second-order valence-electron chi connectivity index (χ2n) is 12.0. The average molecular weight is 603 g/mol. The van der Waals surface area contributed by atoms with Crippen molar-refractivity contribution in [2.75, 3.05) is 67.9 Å². The first-order valence-corrected chi connectivity index (χ1v) is 15.8. The van der Waals surface area contributed by atoms with E-state index >= 15 is 0 Å². The van der Waals surface area contributed by atoms with Crippen LogP contribution >= 0.6 is 0 Å². The summed E-state index contributed by atoms with van der Waals surface area (Å²) in [5.41, 5.74) is 7.58. The fraction of sp³-hybridized carbons (Fsp3) is 0.297. The highest BCUT2D eigenvalue weighted by molar-refractivity contribution is 6.04. The third kappa shape index (κ3) is 7.36. The van der Waals surface area contributed by atoms with E-state index in [0.717, 1.165) is 61.8 Å². The summed E-state index contributed by atoms with van der Waals surface area (Å²) >= 11 is 0. The van der Waals surface area contributed by atoms with Crippen LogP contribution in [0.15, 0.2) is 97.1 Å². The summed E-state index contributed by atoms with van der Waals surface area (Å²) in [6.07, 6.45) is 0. The molecule has 0 bridgehead atoms. The summed E-state index contributed by atoms with van der Waals surface area (Å²) in [6, 6.07) is 32.9. The van der Waals surface area contributed by atoms with Gasteiger partial charge in [0, 0.05) is 63.6 Å². The normalized spacial score (nSPS) is 15.6. The molecule has 8 heteroatoms. The molecule has 2 heterocycles. The molecule has 0 atom stereocenters. The van der Waals surface area contributed by atoms with Crippen LogP contribution in [0, 0.1) is 13.8 Å². The van der Waals surface area contributed by atoms with Gasteiger partial charge in [-0.15, -0.1) is 0 Å². The monoisotopic (exact) mass is 602 g/mol. The Bertz CT molecular complexity index is 1550. The molecule has 4 aromatic carbocycles. The highest BCUT2D eigenvalue weighted by Gasteiger charge is 2.28. The first kappa shape index (κ1) is 30.4. The third-order valence-electron chi connectivity index (χ3n) is 8.63. The van der Waals surface area contributed by atoms with Crippen LogP contribution in [0.3, 0.4) is 0 Å². The Kier molecular flexibility index (Phi) is 9.43. The largest absolute Gasteiger partial charge is 0.367 e. The fourth-order valence-electron chi connectivity index (χ4n) is 6.53. The molecule has 2 aliphatic rings. The Morgan fingerprint density at radius 3 is 1.89 bits per heavy atom. The standard InChI is InChI=1S/C37H42N6O2/c1-27-23-28(2)25-32(24-27)39-37(45)40-33-26-31(36(44)43-17-15-38-16-18-43)13-14-34(33)41-19-21-42(22-20-41)35(29-9-5-3-6-10-29)30-11-7-4-8-12-30/h3-14,23-26,35,38H,15-22H2,1-2H3,(H2,39,40,45). The number of hydrogen-bond donors (Lipinski definition) is 3. The first-order valence-electron chi connectivity index (χ1n) is 15.8. The van der Waals surface area contributed by atoms with Gasteiger partial charge in [-0.1, -0.05) is 66.7 Å². The molecule has 0 unspecified atom stereocenters. The second-order valence-corrected chi connectivity index (χ2v) is 12.0. The minimum Gasteiger partial charge on any atom is -0.367 e. The summed E-state index contributed by atoms with van der Waals surface area (Å²) in [5.74, 6) is -0.0146. The number of rotatable bonds is 7. The smallest absolute Gasteiger partial charge is 0.323 e. The molecule has 232 valence electrons. The number of hydrogen-bond acceptors (Lipinski definition) is 5. The molecule has 2 fully saturated rings. The Morgan fingerprint density at radius 1 is 0.689 bits per heavy atom. The van der Waals surface area contributed by atoms with Gasteiger partial charge in [0.25, 0.3) is 5.91 Å². The lowest BCUT2D eigenvalue weighted by atomic mass is 9.96. The minimum absolute atomic E-state index is 0.0146. The van der Waals surface area contributed by atoms with Crippen molar-refractivity contribution in [3.8, 4) is 0 Å². The molecule has 6 rings (SSSR count). The number of nitrogens with zero attached hydrogens (tertiary/aromatic N) is 3. The van der Waals surface area contributed by atoms with Crippen LogP contribution in [0.5, 0.6) is 0 Å². The van der Waals surface area contributed by atoms with E-state index < -0.39 is 0 Å². The third-order valence-corrected chi connectivity index (χ3v) is 8.63. The Labute approximate surface area is 266 Å². The van der Waals surface area contributed by atoms with Gasteiger partial charge in [0.2, 0.25) is 0 Å². The van der Waals surface area contributed by atoms with Gasteiger partial charge in [-0.25, -0.2) is 4.79 Å². The Balaban J connectivity index is 1.24. The molecule has 0 radical (unpaired) electrons. The molecular weight excluding hydrogens is 560 g/mol. The first-order chi connectivity index (χ1) is 21.9. The minimum atomic E-state index is -0.333. The molecule has 8 nitrogen and oxygen atoms in total. The summed E-state index contributed by atoms with van der Waals surface area (Å²) in [6.45, 7) is 10.2.